The van der Waals surface area contributed by atoms with Gasteiger partial charge in [-0.25, -0.2) is 0 Å². The van der Waals surface area contributed by atoms with Gasteiger partial charge in [-0.15, -0.1) is 0 Å². The highest BCUT2D eigenvalue weighted by Gasteiger charge is 2.44. The van der Waals surface area contributed by atoms with Gasteiger partial charge in [0, 0.05) is 5.41 Å². The largest absolute Gasteiger partial charge is 0.0620 e. The van der Waals surface area contributed by atoms with Crippen LogP contribution in [0.15, 0.2) is 84.9 Å². The Hall–Kier alpha value is -3.12. The van der Waals surface area contributed by atoms with Crippen LogP contribution in [0.4, 0.5) is 0 Å². The average Bonchev–Trinajstić information content (AvgIpc) is 2.74. The predicted molar refractivity (Wildman–Crippen MR) is 121 cm³/mol. The maximum Gasteiger partial charge on any atom is 0.0296 e. The van der Waals surface area contributed by atoms with E-state index in [2.05, 4.69) is 98.8 Å². The van der Waals surface area contributed by atoms with Gasteiger partial charge in [0.1, 0.15) is 0 Å². The number of hydrogen-bond donors (Lipinski definition) is 0. The Kier molecular flexibility index (Phi) is 3.44. The maximum absolute atomic E-state index is 2.45. The molecule has 0 nitrogen and oxygen atoms in total. The minimum Gasteiger partial charge on any atom is -0.0620 e. The minimum atomic E-state index is -0.00685. The summed E-state index contributed by atoms with van der Waals surface area (Å²) in [6, 6.07) is 32.1. The third kappa shape index (κ3) is 2.32. The molecule has 4 aromatic carbocycles. The van der Waals surface area contributed by atoms with E-state index in [1.807, 2.05) is 0 Å². The van der Waals surface area contributed by atoms with E-state index in [1.165, 1.54) is 55.6 Å². The normalized spacial score (nSPS) is 18.6. The van der Waals surface area contributed by atoms with E-state index in [-0.39, 0.29) is 5.41 Å². The molecule has 2 aliphatic rings. The summed E-state index contributed by atoms with van der Waals surface area (Å²) in [6.07, 6.45) is 2.12. The van der Waals surface area contributed by atoms with Crippen LogP contribution in [0.25, 0.3) is 22.3 Å². The van der Waals surface area contributed by atoms with E-state index in [9.17, 15) is 0 Å². The van der Waals surface area contributed by atoms with Crippen LogP contribution in [0.1, 0.15) is 33.4 Å². The molecule has 6 rings (SSSR count). The zero-order chi connectivity index (χ0) is 19.6. The molecule has 0 bridgehead atoms. The van der Waals surface area contributed by atoms with Crippen molar-refractivity contribution in [3.8, 4) is 22.3 Å². The Balaban J connectivity index is 1.72. The fourth-order valence-electron chi connectivity index (χ4n) is 5.73. The van der Waals surface area contributed by atoms with Crippen LogP contribution < -0.4 is 0 Å². The van der Waals surface area contributed by atoms with E-state index < -0.39 is 0 Å². The minimum absolute atomic E-state index is 0.00685. The van der Waals surface area contributed by atoms with Crippen molar-refractivity contribution in [2.45, 2.75) is 32.1 Å². The third-order valence-corrected chi connectivity index (χ3v) is 6.98. The van der Waals surface area contributed by atoms with E-state index in [0.29, 0.717) is 0 Å². The van der Waals surface area contributed by atoms with Crippen LogP contribution in [0.5, 0.6) is 0 Å². The Morgan fingerprint density at radius 1 is 0.517 bits per heavy atom. The standard InChI is InChI=1S/C29H24/c1-19-11-13-24-22(15-19)18-29(28-16-20(2)12-14-26(24)28)17-21-7-3-4-8-23(21)25-9-5-6-10-27(25)29/h3-16H,17-18H2,1-2H3. The van der Waals surface area contributed by atoms with Gasteiger partial charge in [-0.3, -0.25) is 0 Å². The summed E-state index contributed by atoms with van der Waals surface area (Å²) in [5.74, 6) is 0. The molecule has 2 aliphatic carbocycles. The number of benzene rings is 4. The molecule has 0 saturated carbocycles. The van der Waals surface area contributed by atoms with Crippen molar-refractivity contribution in [1.82, 2.24) is 0 Å². The second-order valence-corrected chi connectivity index (χ2v) is 8.85. The SMILES string of the molecule is Cc1ccc2c(c1)CC1(Cc3ccccc3-c3ccccc31)c1cc(C)ccc1-2. The molecule has 0 heterocycles. The molecule has 0 N–H and O–H groups in total. The molecule has 1 atom stereocenters. The Bertz CT molecular complexity index is 1280. The van der Waals surface area contributed by atoms with Crippen molar-refractivity contribution >= 4 is 0 Å². The quantitative estimate of drug-likeness (QED) is 0.311. The molecule has 0 aromatic heterocycles. The van der Waals surface area contributed by atoms with Gasteiger partial charge < -0.3 is 0 Å². The van der Waals surface area contributed by atoms with Crippen LogP contribution in [-0.2, 0) is 18.3 Å². The molecule has 29 heavy (non-hydrogen) atoms. The summed E-state index contributed by atoms with van der Waals surface area (Å²) < 4.78 is 0. The van der Waals surface area contributed by atoms with Crippen molar-refractivity contribution in [3.63, 3.8) is 0 Å². The van der Waals surface area contributed by atoms with E-state index in [0.717, 1.165) is 12.8 Å². The first-order valence-corrected chi connectivity index (χ1v) is 10.5. The first-order valence-electron chi connectivity index (χ1n) is 10.5. The van der Waals surface area contributed by atoms with Crippen molar-refractivity contribution in [2.75, 3.05) is 0 Å². The predicted octanol–water partition coefficient (Wildman–Crippen LogP) is 7.04. The van der Waals surface area contributed by atoms with Gasteiger partial charge in [0.2, 0.25) is 0 Å². The van der Waals surface area contributed by atoms with Gasteiger partial charge in [0.05, 0.1) is 0 Å². The lowest BCUT2D eigenvalue weighted by molar-refractivity contribution is 0.497. The van der Waals surface area contributed by atoms with Gasteiger partial charge in [-0.05, 0) is 71.2 Å². The fraction of sp³-hybridized carbons (Fsp3) is 0.172. The van der Waals surface area contributed by atoms with Crippen molar-refractivity contribution in [3.05, 3.63) is 118 Å². The van der Waals surface area contributed by atoms with Crippen LogP contribution in [0, 0.1) is 13.8 Å². The molecule has 1 spiro atoms. The lowest BCUT2D eigenvalue weighted by Crippen LogP contribution is -2.39. The first-order chi connectivity index (χ1) is 14.2. The molecule has 140 valence electrons. The number of hydrogen-bond acceptors (Lipinski definition) is 0. The van der Waals surface area contributed by atoms with E-state index in [1.54, 1.807) is 0 Å². The first kappa shape index (κ1) is 16.8. The lowest BCUT2D eigenvalue weighted by atomic mass is 9.57. The Morgan fingerprint density at radius 2 is 1.10 bits per heavy atom. The molecule has 1 unspecified atom stereocenters. The van der Waals surface area contributed by atoms with Crippen LogP contribution in [0.2, 0.25) is 0 Å². The molecule has 0 aliphatic heterocycles. The monoisotopic (exact) mass is 372 g/mol. The summed E-state index contributed by atoms with van der Waals surface area (Å²) in [5.41, 5.74) is 14.2. The maximum atomic E-state index is 2.45. The van der Waals surface area contributed by atoms with Gasteiger partial charge in [0.15, 0.2) is 0 Å². The Labute approximate surface area is 172 Å². The van der Waals surface area contributed by atoms with Gasteiger partial charge >= 0.3 is 0 Å². The zero-order valence-electron chi connectivity index (χ0n) is 17.0. The highest BCUT2D eigenvalue weighted by molar-refractivity contribution is 5.83. The van der Waals surface area contributed by atoms with Gasteiger partial charge in [-0.1, -0.05) is 96.1 Å². The zero-order valence-corrected chi connectivity index (χ0v) is 17.0. The summed E-state index contributed by atoms with van der Waals surface area (Å²) in [6.45, 7) is 4.43. The number of rotatable bonds is 0. The third-order valence-electron chi connectivity index (χ3n) is 6.98. The topological polar surface area (TPSA) is 0 Å². The molecule has 0 saturated heterocycles. The molecular weight excluding hydrogens is 348 g/mol. The van der Waals surface area contributed by atoms with Crippen molar-refractivity contribution < 1.29 is 0 Å². The average molecular weight is 373 g/mol. The van der Waals surface area contributed by atoms with Crippen molar-refractivity contribution in [2.24, 2.45) is 0 Å². The number of fused-ring (bicyclic) bond motifs is 8. The Morgan fingerprint density at radius 3 is 1.97 bits per heavy atom. The van der Waals surface area contributed by atoms with Crippen LogP contribution in [-0.4, -0.2) is 0 Å². The van der Waals surface area contributed by atoms with Gasteiger partial charge in [-0.2, -0.15) is 0 Å². The number of aryl methyl sites for hydroxylation is 2. The second kappa shape index (κ2) is 5.94. The summed E-state index contributed by atoms with van der Waals surface area (Å²) in [4.78, 5) is 0. The summed E-state index contributed by atoms with van der Waals surface area (Å²) in [7, 11) is 0. The molecule has 0 radical (unpaired) electrons. The van der Waals surface area contributed by atoms with Crippen molar-refractivity contribution in [1.29, 1.82) is 0 Å². The van der Waals surface area contributed by atoms with E-state index in [4.69, 9.17) is 0 Å². The molecule has 0 amide bonds. The summed E-state index contributed by atoms with van der Waals surface area (Å²) in [5, 5.41) is 0. The molecule has 4 aromatic rings. The van der Waals surface area contributed by atoms with Crippen LogP contribution in [0.3, 0.4) is 0 Å². The smallest absolute Gasteiger partial charge is 0.0296 e. The van der Waals surface area contributed by atoms with E-state index >= 15 is 0 Å². The second-order valence-electron chi connectivity index (χ2n) is 8.85. The van der Waals surface area contributed by atoms with Crippen LogP contribution >= 0.6 is 0 Å². The highest BCUT2D eigenvalue weighted by atomic mass is 14.5. The highest BCUT2D eigenvalue weighted by Crippen LogP contribution is 2.54. The summed E-state index contributed by atoms with van der Waals surface area (Å²) >= 11 is 0. The molecule has 0 fully saturated rings. The fourth-order valence-corrected chi connectivity index (χ4v) is 5.73. The molecular formula is C29H24. The van der Waals surface area contributed by atoms with Gasteiger partial charge in [0.25, 0.3) is 0 Å². The lowest BCUT2D eigenvalue weighted by Gasteiger charge is -2.45. The molecule has 0 heteroatoms.